The van der Waals surface area contributed by atoms with Gasteiger partial charge in [0, 0.05) is 12.2 Å². The molecule has 1 aliphatic rings. The van der Waals surface area contributed by atoms with Gasteiger partial charge in [0.05, 0.1) is 17.4 Å². The van der Waals surface area contributed by atoms with E-state index in [1.165, 1.54) is 12.8 Å². The predicted molar refractivity (Wildman–Crippen MR) is 78.2 cm³/mol. The zero-order valence-electron chi connectivity index (χ0n) is 10.7. The lowest BCUT2D eigenvalue weighted by molar-refractivity contribution is 0.735. The third-order valence-corrected chi connectivity index (χ3v) is 3.77. The molecule has 0 radical (unpaired) electrons. The van der Waals surface area contributed by atoms with E-state index in [0.29, 0.717) is 10.8 Å². The van der Waals surface area contributed by atoms with Crippen LogP contribution in [0.2, 0.25) is 0 Å². The molecule has 4 rings (SSSR count). The van der Waals surface area contributed by atoms with E-state index in [9.17, 15) is 0 Å². The van der Waals surface area contributed by atoms with Crippen LogP contribution in [0.4, 0.5) is 0 Å². The van der Waals surface area contributed by atoms with Crippen LogP contribution in [-0.4, -0.2) is 24.5 Å². The monoisotopic (exact) mass is 283 g/mol. The lowest BCUT2D eigenvalue weighted by atomic mass is 10.3. The molecule has 0 atom stereocenters. The van der Waals surface area contributed by atoms with Crippen molar-refractivity contribution in [3.63, 3.8) is 0 Å². The molecule has 1 N–H and O–H groups in total. The summed E-state index contributed by atoms with van der Waals surface area (Å²) >= 11 is 5.31. The molecule has 100 valence electrons. The van der Waals surface area contributed by atoms with Crippen molar-refractivity contribution in [1.82, 2.24) is 24.5 Å². The number of para-hydroxylation sites is 1. The van der Waals surface area contributed by atoms with Crippen molar-refractivity contribution in [3.05, 3.63) is 47.5 Å². The summed E-state index contributed by atoms with van der Waals surface area (Å²) in [7, 11) is 0. The van der Waals surface area contributed by atoms with Crippen LogP contribution in [0.25, 0.3) is 17.1 Å². The third-order valence-electron chi connectivity index (χ3n) is 3.48. The largest absolute Gasteiger partial charge is 0.297 e. The van der Waals surface area contributed by atoms with Gasteiger partial charge in [0.15, 0.2) is 10.6 Å². The lowest BCUT2D eigenvalue weighted by Gasteiger charge is -2.02. The number of H-pyrrole nitrogens is 1. The average Bonchev–Trinajstić information content (AvgIpc) is 3.06. The molecule has 1 fully saturated rings. The fourth-order valence-electron chi connectivity index (χ4n) is 2.34. The summed E-state index contributed by atoms with van der Waals surface area (Å²) in [6.07, 6.45) is 6.16. The number of hydrogen-bond donors (Lipinski definition) is 1. The van der Waals surface area contributed by atoms with Crippen LogP contribution in [0.1, 0.15) is 18.9 Å². The van der Waals surface area contributed by atoms with Gasteiger partial charge in [-0.1, -0.05) is 18.2 Å². The van der Waals surface area contributed by atoms with E-state index in [-0.39, 0.29) is 0 Å². The second kappa shape index (κ2) is 4.42. The second-order valence-electron chi connectivity index (χ2n) is 4.96. The molecule has 1 aliphatic carbocycles. The van der Waals surface area contributed by atoms with Crippen LogP contribution in [0.5, 0.6) is 0 Å². The number of nitrogens with zero attached hydrogens (tertiary/aromatic N) is 4. The maximum atomic E-state index is 5.31. The first kappa shape index (κ1) is 11.6. The Hall–Kier alpha value is -2.21. The topological polar surface area (TPSA) is 51.4 Å². The molecule has 3 aromatic rings. The number of hydrogen-bond acceptors (Lipinski definition) is 3. The highest BCUT2D eigenvalue weighted by molar-refractivity contribution is 7.71. The minimum absolute atomic E-state index is 0.497. The van der Waals surface area contributed by atoms with Crippen LogP contribution in [0.3, 0.4) is 0 Å². The van der Waals surface area contributed by atoms with Crippen LogP contribution in [-0.2, 0) is 0 Å². The first-order valence-electron chi connectivity index (χ1n) is 6.60. The molecule has 2 heterocycles. The summed E-state index contributed by atoms with van der Waals surface area (Å²) in [5, 5.41) is 11.6. The molecule has 0 aliphatic heterocycles. The molecule has 1 saturated carbocycles. The lowest BCUT2D eigenvalue weighted by Crippen LogP contribution is -1.97. The molecular weight excluding hydrogens is 270 g/mol. The van der Waals surface area contributed by atoms with Gasteiger partial charge in [-0.05, 0) is 37.2 Å². The maximum absolute atomic E-state index is 5.31. The van der Waals surface area contributed by atoms with Crippen LogP contribution in [0.15, 0.2) is 42.7 Å². The summed E-state index contributed by atoms with van der Waals surface area (Å²) in [5.41, 5.74) is 2.01. The smallest absolute Gasteiger partial charge is 0.195 e. The molecule has 20 heavy (non-hydrogen) atoms. The molecule has 0 bridgehead atoms. The van der Waals surface area contributed by atoms with Gasteiger partial charge in [-0.3, -0.25) is 9.67 Å². The van der Waals surface area contributed by atoms with Gasteiger partial charge >= 0.3 is 0 Å². The van der Waals surface area contributed by atoms with E-state index in [0.717, 1.165) is 17.1 Å². The molecule has 0 unspecified atom stereocenters. The molecule has 1 aromatic carbocycles. The first-order chi connectivity index (χ1) is 9.83. The van der Waals surface area contributed by atoms with Crippen LogP contribution < -0.4 is 0 Å². The molecule has 6 heteroatoms. The zero-order chi connectivity index (χ0) is 13.5. The van der Waals surface area contributed by atoms with Gasteiger partial charge in [-0.2, -0.15) is 10.2 Å². The van der Waals surface area contributed by atoms with Gasteiger partial charge in [-0.15, -0.1) is 0 Å². The highest BCUT2D eigenvalue weighted by atomic mass is 32.1. The van der Waals surface area contributed by atoms with Crippen LogP contribution in [0, 0.1) is 4.77 Å². The normalized spacial score (nSPS) is 14.6. The van der Waals surface area contributed by atoms with E-state index in [2.05, 4.69) is 19.9 Å². The van der Waals surface area contributed by atoms with E-state index in [1.54, 1.807) is 0 Å². The Balaban J connectivity index is 1.77. The zero-order valence-corrected chi connectivity index (χ0v) is 11.5. The standard InChI is InChI=1S/C14H13N5S/c20-14-17-16-13(19(14)12-6-7-12)10-8-15-18(9-10)11-4-2-1-3-5-11/h1-5,8-9,12H,6-7H2,(H,17,20). The van der Waals surface area contributed by atoms with Crippen molar-refractivity contribution in [3.8, 4) is 17.1 Å². The maximum Gasteiger partial charge on any atom is 0.195 e. The van der Waals surface area contributed by atoms with Gasteiger partial charge in [0.2, 0.25) is 0 Å². The van der Waals surface area contributed by atoms with Gasteiger partial charge in [0.1, 0.15) is 0 Å². The number of benzene rings is 1. The van der Waals surface area contributed by atoms with Crippen molar-refractivity contribution in [2.45, 2.75) is 18.9 Å². The average molecular weight is 283 g/mol. The number of rotatable bonds is 3. The Labute approximate surface area is 120 Å². The Morgan fingerprint density at radius 1 is 1.20 bits per heavy atom. The van der Waals surface area contributed by atoms with Crippen molar-refractivity contribution in [2.24, 2.45) is 0 Å². The van der Waals surface area contributed by atoms with Crippen molar-refractivity contribution >= 4 is 12.2 Å². The Morgan fingerprint density at radius 3 is 2.75 bits per heavy atom. The van der Waals surface area contributed by atoms with Gasteiger partial charge in [0.25, 0.3) is 0 Å². The Bertz CT molecular complexity index is 794. The van der Waals surface area contributed by atoms with Crippen molar-refractivity contribution < 1.29 is 0 Å². The minimum Gasteiger partial charge on any atom is -0.297 e. The molecule has 0 spiro atoms. The summed E-state index contributed by atoms with van der Waals surface area (Å²) in [6, 6.07) is 10.5. The number of aromatic amines is 1. The second-order valence-corrected chi connectivity index (χ2v) is 5.35. The Kier molecular flexibility index (Phi) is 2.56. The summed E-state index contributed by atoms with van der Waals surface area (Å²) < 4.78 is 4.64. The van der Waals surface area contributed by atoms with Gasteiger partial charge in [-0.25, -0.2) is 4.68 Å². The quantitative estimate of drug-likeness (QED) is 0.751. The van der Waals surface area contributed by atoms with E-state index in [4.69, 9.17) is 12.2 Å². The van der Waals surface area contributed by atoms with E-state index >= 15 is 0 Å². The Morgan fingerprint density at radius 2 is 2.00 bits per heavy atom. The number of aromatic nitrogens is 5. The predicted octanol–water partition coefficient (Wildman–Crippen LogP) is 3.13. The van der Waals surface area contributed by atoms with E-state index in [1.807, 2.05) is 47.4 Å². The van der Waals surface area contributed by atoms with Crippen molar-refractivity contribution in [1.29, 1.82) is 0 Å². The molecule has 5 nitrogen and oxygen atoms in total. The van der Waals surface area contributed by atoms with Crippen molar-refractivity contribution in [2.75, 3.05) is 0 Å². The fraction of sp³-hybridized carbons (Fsp3) is 0.214. The molecule has 0 amide bonds. The molecule has 0 saturated heterocycles. The number of nitrogens with one attached hydrogen (secondary N) is 1. The highest BCUT2D eigenvalue weighted by Crippen LogP contribution is 2.37. The first-order valence-corrected chi connectivity index (χ1v) is 7.01. The fourth-order valence-corrected chi connectivity index (χ4v) is 2.62. The summed E-state index contributed by atoms with van der Waals surface area (Å²) in [6.45, 7) is 0. The summed E-state index contributed by atoms with van der Waals surface area (Å²) in [5.74, 6) is 0.875. The van der Waals surface area contributed by atoms with Gasteiger partial charge < -0.3 is 0 Å². The van der Waals surface area contributed by atoms with E-state index < -0.39 is 0 Å². The molecule has 2 aromatic heterocycles. The van der Waals surface area contributed by atoms with Crippen LogP contribution >= 0.6 is 12.2 Å². The third kappa shape index (κ3) is 1.89. The molecular formula is C14H13N5S. The SMILES string of the molecule is S=c1[nH]nc(-c2cnn(-c3ccccc3)c2)n1C1CC1. The minimum atomic E-state index is 0.497. The highest BCUT2D eigenvalue weighted by Gasteiger charge is 2.28. The summed E-state index contributed by atoms with van der Waals surface area (Å²) in [4.78, 5) is 0.